The second kappa shape index (κ2) is 3.76. The number of rotatable bonds is 1. The Morgan fingerprint density at radius 1 is 1.42 bits per heavy atom. The minimum Gasteiger partial charge on any atom is -0.478 e. The first-order chi connectivity index (χ1) is 8.90. The third-order valence-corrected chi connectivity index (χ3v) is 3.90. The Kier molecular flexibility index (Phi) is 2.39. The molecular weight excluding hydrogens is 245 g/mol. The third kappa shape index (κ3) is 1.70. The number of fused-ring (bicyclic) bond motifs is 2. The summed E-state index contributed by atoms with van der Waals surface area (Å²) in [7, 11) is 0. The second-order valence-electron chi connectivity index (χ2n) is 5.66. The van der Waals surface area contributed by atoms with Crippen LogP contribution < -0.4 is 0 Å². The van der Waals surface area contributed by atoms with E-state index in [1.165, 1.54) is 12.1 Å². The van der Waals surface area contributed by atoms with Crippen LogP contribution in [-0.2, 0) is 11.8 Å². The summed E-state index contributed by atoms with van der Waals surface area (Å²) in [6.45, 7) is 4.12. The third-order valence-electron chi connectivity index (χ3n) is 3.90. The number of benzene rings is 1. The van der Waals surface area contributed by atoms with E-state index in [9.17, 15) is 14.3 Å². The van der Waals surface area contributed by atoms with E-state index in [2.05, 4.69) is 18.8 Å². The molecule has 3 rings (SSSR count). The van der Waals surface area contributed by atoms with Gasteiger partial charge in [0.1, 0.15) is 5.82 Å². The maximum absolute atomic E-state index is 13.4. The highest BCUT2D eigenvalue weighted by atomic mass is 19.1. The Bertz CT molecular complexity index is 707. The average molecular weight is 259 g/mol. The molecule has 0 atom stereocenters. The lowest BCUT2D eigenvalue weighted by molar-refractivity contribution is 0.0698. The van der Waals surface area contributed by atoms with Gasteiger partial charge in [0.25, 0.3) is 0 Å². The molecule has 4 heteroatoms. The van der Waals surface area contributed by atoms with Gasteiger partial charge in [-0.05, 0) is 36.6 Å². The number of pyridine rings is 1. The molecule has 0 bridgehead atoms. The molecule has 2 aromatic rings. The summed E-state index contributed by atoms with van der Waals surface area (Å²) in [5, 5.41) is 9.85. The van der Waals surface area contributed by atoms with E-state index in [0.717, 1.165) is 17.7 Å². The Balaban J connectivity index is 2.46. The van der Waals surface area contributed by atoms with Crippen molar-refractivity contribution >= 4 is 16.9 Å². The first-order valence-electron chi connectivity index (χ1n) is 6.26. The number of carboxylic acid groups (broad SMARTS) is 1. The van der Waals surface area contributed by atoms with E-state index in [1.54, 1.807) is 6.07 Å². The van der Waals surface area contributed by atoms with Crippen LogP contribution in [0.15, 0.2) is 18.2 Å². The lowest BCUT2D eigenvalue weighted by atomic mass is 9.89. The molecular formula is C15H14FNO2. The van der Waals surface area contributed by atoms with E-state index in [4.69, 9.17) is 0 Å². The number of hydrogen-bond donors (Lipinski definition) is 1. The number of carbonyl (C=O) groups is 1. The van der Waals surface area contributed by atoms with Gasteiger partial charge in [-0.2, -0.15) is 0 Å². The molecule has 0 spiro atoms. The molecule has 0 saturated heterocycles. The van der Waals surface area contributed by atoms with Crippen LogP contribution in [0.1, 0.15) is 41.9 Å². The van der Waals surface area contributed by atoms with Crippen molar-refractivity contribution in [3.63, 3.8) is 0 Å². The minimum atomic E-state index is -1.01. The number of halogens is 1. The van der Waals surface area contributed by atoms with Crippen molar-refractivity contribution in [2.24, 2.45) is 0 Å². The van der Waals surface area contributed by atoms with Crippen LogP contribution in [0.4, 0.5) is 4.39 Å². The molecule has 98 valence electrons. The molecule has 0 aliphatic heterocycles. The summed E-state index contributed by atoms with van der Waals surface area (Å²) < 4.78 is 13.4. The fourth-order valence-corrected chi connectivity index (χ4v) is 2.88. The number of aromatic carboxylic acids is 1. The van der Waals surface area contributed by atoms with E-state index in [1.807, 2.05) is 0 Å². The Morgan fingerprint density at radius 2 is 2.16 bits per heavy atom. The van der Waals surface area contributed by atoms with Crippen molar-refractivity contribution in [2.45, 2.75) is 32.1 Å². The van der Waals surface area contributed by atoms with Crippen molar-refractivity contribution in [3.05, 3.63) is 40.8 Å². The lowest BCUT2D eigenvalue weighted by Gasteiger charge is -2.18. The van der Waals surface area contributed by atoms with Crippen molar-refractivity contribution in [3.8, 4) is 0 Å². The molecule has 1 aliphatic rings. The molecule has 3 nitrogen and oxygen atoms in total. The van der Waals surface area contributed by atoms with Gasteiger partial charge in [0.05, 0.1) is 16.8 Å². The maximum atomic E-state index is 13.4. The number of aromatic nitrogens is 1. The summed E-state index contributed by atoms with van der Waals surface area (Å²) in [5.41, 5.74) is 2.24. The standard InChI is InChI=1S/C15H14FNO2/c1-15(2)6-5-9-12(14(18)19)10-7-8(16)3-4-11(10)17-13(9)15/h3-4,7H,5-6H2,1-2H3,(H,18,19). The van der Waals surface area contributed by atoms with Gasteiger partial charge in [0, 0.05) is 10.8 Å². The molecule has 1 aromatic heterocycles. The van der Waals surface area contributed by atoms with E-state index >= 15 is 0 Å². The highest BCUT2D eigenvalue weighted by Gasteiger charge is 2.35. The fourth-order valence-electron chi connectivity index (χ4n) is 2.88. The van der Waals surface area contributed by atoms with Crippen LogP contribution in [0, 0.1) is 5.82 Å². The predicted molar refractivity (Wildman–Crippen MR) is 70.0 cm³/mol. The topological polar surface area (TPSA) is 50.2 Å². The Hall–Kier alpha value is -1.97. The first-order valence-corrected chi connectivity index (χ1v) is 6.26. The zero-order valence-electron chi connectivity index (χ0n) is 10.8. The summed E-state index contributed by atoms with van der Waals surface area (Å²) in [4.78, 5) is 16.1. The zero-order valence-corrected chi connectivity index (χ0v) is 10.8. The van der Waals surface area contributed by atoms with Crippen molar-refractivity contribution in [1.29, 1.82) is 0 Å². The molecule has 1 aromatic carbocycles. The maximum Gasteiger partial charge on any atom is 0.336 e. The van der Waals surface area contributed by atoms with E-state index in [-0.39, 0.29) is 11.0 Å². The lowest BCUT2D eigenvalue weighted by Crippen LogP contribution is -2.15. The predicted octanol–water partition coefficient (Wildman–Crippen LogP) is 3.30. The van der Waals surface area contributed by atoms with Crippen LogP contribution in [0.25, 0.3) is 10.9 Å². The van der Waals surface area contributed by atoms with Crippen LogP contribution in [0.3, 0.4) is 0 Å². The van der Waals surface area contributed by atoms with Gasteiger partial charge in [-0.15, -0.1) is 0 Å². The number of carboxylic acids is 1. The normalized spacial score (nSPS) is 16.6. The number of nitrogens with zero attached hydrogens (tertiary/aromatic N) is 1. The SMILES string of the molecule is CC1(C)CCc2c1nc1ccc(F)cc1c2C(=O)O. The molecule has 0 saturated carbocycles. The van der Waals surface area contributed by atoms with Gasteiger partial charge in [0.2, 0.25) is 0 Å². The second-order valence-corrected chi connectivity index (χ2v) is 5.66. The quantitative estimate of drug-likeness (QED) is 0.854. The van der Waals surface area contributed by atoms with Gasteiger partial charge in [-0.25, -0.2) is 9.18 Å². The van der Waals surface area contributed by atoms with Gasteiger partial charge in [-0.1, -0.05) is 13.8 Å². The summed E-state index contributed by atoms with van der Waals surface area (Å²) >= 11 is 0. The van der Waals surface area contributed by atoms with Crippen molar-refractivity contribution < 1.29 is 14.3 Å². The van der Waals surface area contributed by atoms with Crippen LogP contribution in [-0.4, -0.2) is 16.1 Å². The van der Waals surface area contributed by atoms with E-state index < -0.39 is 11.8 Å². The number of hydrogen-bond acceptors (Lipinski definition) is 2. The molecule has 1 heterocycles. The van der Waals surface area contributed by atoms with E-state index in [0.29, 0.717) is 17.3 Å². The van der Waals surface area contributed by atoms with Crippen molar-refractivity contribution in [1.82, 2.24) is 4.98 Å². The van der Waals surface area contributed by atoms with Gasteiger partial charge >= 0.3 is 5.97 Å². The minimum absolute atomic E-state index is 0.123. The molecule has 1 aliphatic carbocycles. The summed E-state index contributed by atoms with van der Waals surface area (Å²) in [6, 6.07) is 4.12. The largest absolute Gasteiger partial charge is 0.478 e. The average Bonchev–Trinajstić information content (AvgIpc) is 2.62. The van der Waals surface area contributed by atoms with Crippen LogP contribution in [0.2, 0.25) is 0 Å². The van der Waals surface area contributed by atoms with Gasteiger partial charge in [0.15, 0.2) is 0 Å². The van der Waals surface area contributed by atoms with Crippen molar-refractivity contribution in [2.75, 3.05) is 0 Å². The first kappa shape index (κ1) is 12.1. The molecule has 0 unspecified atom stereocenters. The summed E-state index contributed by atoms with van der Waals surface area (Å²) in [5.74, 6) is -1.44. The molecule has 0 fully saturated rings. The Morgan fingerprint density at radius 3 is 2.84 bits per heavy atom. The highest BCUT2D eigenvalue weighted by molar-refractivity contribution is 6.04. The Labute approximate surface area is 110 Å². The smallest absolute Gasteiger partial charge is 0.336 e. The fraction of sp³-hybridized carbons (Fsp3) is 0.333. The zero-order chi connectivity index (χ0) is 13.8. The molecule has 0 amide bonds. The molecule has 19 heavy (non-hydrogen) atoms. The summed E-state index contributed by atoms with van der Waals surface area (Å²) in [6.07, 6.45) is 1.55. The van der Waals surface area contributed by atoms with Crippen LogP contribution >= 0.6 is 0 Å². The molecule has 0 radical (unpaired) electrons. The van der Waals surface area contributed by atoms with Gasteiger partial charge in [-0.3, -0.25) is 4.98 Å². The van der Waals surface area contributed by atoms with Gasteiger partial charge < -0.3 is 5.11 Å². The monoisotopic (exact) mass is 259 g/mol. The van der Waals surface area contributed by atoms with Crippen LogP contribution in [0.5, 0.6) is 0 Å². The molecule has 1 N–H and O–H groups in total. The highest BCUT2D eigenvalue weighted by Crippen LogP contribution is 2.40.